The molecule has 0 saturated carbocycles. The Morgan fingerprint density at radius 3 is 2.23 bits per heavy atom. The molecule has 2 aromatic carbocycles. The lowest BCUT2D eigenvalue weighted by Gasteiger charge is -2.17. The summed E-state index contributed by atoms with van der Waals surface area (Å²) in [6.07, 6.45) is 0. The Morgan fingerprint density at radius 1 is 1.00 bits per heavy atom. The van der Waals surface area contributed by atoms with Gasteiger partial charge in [-0.3, -0.25) is 0 Å². The van der Waals surface area contributed by atoms with Crippen molar-refractivity contribution in [2.24, 2.45) is 0 Å². The van der Waals surface area contributed by atoms with Crippen LogP contribution in [0.1, 0.15) is 29.7 Å². The third kappa shape index (κ3) is 3.31. The van der Waals surface area contributed by atoms with Crippen LogP contribution < -0.4 is 9.46 Å². The Balaban J connectivity index is 2.34. The molecule has 2 rings (SSSR count). The van der Waals surface area contributed by atoms with Crippen LogP contribution in [0, 0.1) is 13.8 Å². The molecule has 0 aliphatic heterocycles. The highest BCUT2D eigenvalue weighted by Gasteiger charge is 2.22. The summed E-state index contributed by atoms with van der Waals surface area (Å²) in [5, 5.41) is 0. The molecule has 0 amide bonds. The van der Waals surface area contributed by atoms with E-state index in [0.29, 0.717) is 11.3 Å². The van der Waals surface area contributed by atoms with Crippen LogP contribution in [0.5, 0.6) is 5.75 Å². The summed E-state index contributed by atoms with van der Waals surface area (Å²) >= 11 is 0. The number of hydrogen-bond acceptors (Lipinski definition) is 3. The van der Waals surface area contributed by atoms with Crippen molar-refractivity contribution in [2.75, 3.05) is 7.11 Å². The van der Waals surface area contributed by atoms with E-state index < -0.39 is 10.0 Å². The molecule has 0 fully saturated rings. The van der Waals surface area contributed by atoms with E-state index in [0.717, 1.165) is 11.1 Å². The quantitative estimate of drug-likeness (QED) is 0.919. The lowest BCUT2D eigenvalue weighted by atomic mass is 10.1. The van der Waals surface area contributed by atoms with Crippen LogP contribution in [-0.4, -0.2) is 15.5 Å². The molecule has 1 N–H and O–H groups in total. The first-order chi connectivity index (χ1) is 10.4. The zero-order chi connectivity index (χ0) is 16.3. The second kappa shape index (κ2) is 6.50. The molecule has 5 heteroatoms. The van der Waals surface area contributed by atoms with Crippen LogP contribution in [0.25, 0.3) is 0 Å². The fourth-order valence-electron chi connectivity index (χ4n) is 2.39. The van der Waals surface area contributed by atoms with Crippen LogP contribution in [0.4, 0.5) is 0 Å². The van der Waals surface area contributed by atoms with E-state index in [-0.39, 0.29) is 10.9 Å². The molecule has 0 bridgehead atoms. The zero-order valence-corrected chi connectivity index (χ0v) is 14.1. The Labute approximate surface area is 132 Å². The number of benzene rings is 2. The molecule has 0 aliphatic carbocycles. The highest BCUT2D eigenvalue weighted by Crippen LogP contribution is 2.27. The minimum atomic E-state index is -3.59. The maximum atomic E-state index is 12.6. The molecule has 0 unspecified atom stereocenters. The van der Waals surface area contributed by atoms with E-state index in [1.807, 2.05) is 44.2 Å². The minimum Gasteiger partial charge on any atom is -0.496 e. The van der Waals surface area contributed by atoms with Gasteiger partial charge in [-0.05, 0) is 49.6 Å². The minimum absolute atomic E-state index is 0.286. The molecule has 1 atom stereocenters. The van der Waals surface area contributed by atoms with E-state index >= 15 is 0 Å². The van der Waals surface area contributed by atoms with Gasteiger partial charge >= 0.3 is 0 Å². The molecule has 4 nitrogen and oxygen atoms in total. The van der Waals surface area contributed by atoms with Crippen LogP contribution in [-0.2, 0) is 10.0 Å². The molecular weight excluding hydrogens is 298 g/mol. The summed E-state index contributed by atoms with van der Waals surface area (Å²) in [4.78, 5) is 0.286. The van der Waals surface area contributed by atoms with Crippen molar-refractivity contribution >= 4 is 10.0 Å². The van der Waals surface area contributed by atoms with E-state index in [1.165, 1.54) is 0 Å². The fraction of sp³-hybridized carbons (Fsp3) is 0.294. The van der Waals surface area contributed by atoms with Crippen LogP contribution in [0.3, 0.4) is 0 Å². The monoisotopic (exact) mass is 319 g/mol. The third-order valence-corrected chi connectivity index (χ3v) is 5.51. The Bertz CT molecular complexity index is 755. The maximum Gasteiger partial charge on any atom is 0.241 e. The van der Waals surface area contributed by atoms with E-state index in [1.54, 1.807) is 26.2 Å². The van der Waals surface area contributed by atoms with E-state index in [4.69, 9.17) is 4.74 Å². The molecule has 118 valence electrons. The molecule has 0 aromatic heterocycles. The zero-order valence-electron chi connectivity index (χ0n) is 13.3. The van der Waals surface area contributed by atoms with Gasteiger partial charge in [-0.2, -0.15) is 0 Å². The smallest absolute Gasteiger partial charge is 0.241 e. The summed E-state index contributed by atoms with van der Waals surface area (Å²) in [6.45, 7) is 5.48. The summed E-state index contributed by atoms with van der Waals surface area (Å²) < 4.78 is 33.2. The maximum absolute atomic E-state index is 12.6. The Morgan fingerprint density at radius 2 is 1.64 bits per heavy atom. The summed E-state index contributed by atoms with van der Waals surface area (Å²) in [7, 11) is -2.02. The highest BCUT2D eigenvalue weighted by atomic mass is 32.2. The van der Waals surface area contributed by atoms with Gasteiger partial charge in [0, 0.05) is 6.04 Å². The van der Waals surface area contributed by atoms with Gasteiger partial charge in [0.2, 0.25) is 10.0 Å². The Kier molecular flexibility index (Phi) is 4.88. The summed E-state index contributed by atoms with van der Waals surface area (Å²) in [6, 6.07) is 12.5. The van der Waals surface area contributed by atoms with Crippen LogP contribution in [0.2, 0.25) is 0 Å². The largest absolute Gasteiger partial charge is 0.496 e. The topological polar surface area (TPSA) is 55.4 Å². The van der Waals surface area contributed by atoms with Gasteiger partial charge in [0.25, 0.3) is 0 Å². The lowest BCUT2D eigenvalue weighted by Crippen LogP contribution is -2.27. The van der Waals surface area contributed by atoms with Crippen molar-refractivity contribution in [3.63, 3.8) is 0 Å². The fourth-order valence-corrected chi connectivity index (χ4v) is 3.92. The molecule has 0 aliphatic rings. The first kappa shape index (κ1) is 16.5. The third-order valence-electron chi connectivity index (χ3n) is 3.83. The Hall–Kier alpha value is -1.85. The standard InChI is InChI=1S/C17H21NO3S/c1-12-13(2)17(11-10-16(12)21-4)22(19,20)18-14(3)15-8-6-5-7-9-15/h5-11,14,18H,1-4H3/t14-/m1/s1. The number of hydrogen-bond donors (Lipinski definition) is 1. The number of sulfonamides is 1. The SMILES string of the molecule is COc1ccc(S(=O)(=O)N[C@H](C)c2ccccc2)c(C)c1C. The first-order valence-electron chi connectivity index (χ1n) is 7.08. The van der Waals surface area contributed by atoms with Gasteiger partial charge in [-0.25, -0.2) is 13.1 Å². The van der Waals surface area contributed by atoms with Gasteiger partial charge in [-0.1, -0.05) is 30.3 Å². The lowest BCUT2D eigenvalue weighted by molar-refractivity contribution is 0.410. The van der Waals surface area contributed by atoms with Crippen molar-refractivity contribution in [3.8, 4) is 5.75 Å². The van der Waals surface area contributed by atoms with Gasteiger partial charge in [-0.15, -0.1) is 0 Å². The molecule has 0 saturated heterocycles. The molecule has 0 heterocycles. The van der Waals surface area contributed by atoms with Gasteiger partial charge < -0.3 is 4.74 Å². The molecule has 2 aromatic rings. The summed E-state index contributed by atoms with van der Waals surface area (Å²) in [5.41, 5.74) is 2.46. The number of ether oxygens (including phenoxy) is 1. The number of nitrogens with one attached hydrogen (secondary N) is 1. The van der Waals surface area contributed by atoms with Crippen molar-refractivity contribution in [1.82, 2.24) is 4.72 Å². The predicted molar refractivity (Wildman–Crippen MR) is 87.6 cm³/mol. The molecule has 0 radical (unpaired) electrons. The molecular formula is C17H21NO3S. The average Bonchev–Trinajstić information content (AvgIpc) is 2.50. The van der Waals surface area contributed by atoms with Gasteiger partial charge in [0.05, 0.1) is 12.0 Å². The van der Waals surface area contributed by atoms with Crippen molar-refractivity contribution in [3.05, 3.63) is 59.2 Å². The first-order valence-corrected chi connectivity index (χ1v) is 8.56. The normalized spacial score (nSPS) is 12.9. The highest BCUT2D eigenvalue weighted by molar-refractivity contribution is 7.89. The number of rotatable bonds is 5. The predicted octanol–water partition coefficient (Wildman–Crippen LogP) is 3.35. The van der Waals surface area contributed by atoms with Crippen molar-refractivity contribution < 1.29 is 13.2 Å². The van der Waals surface area contributed by atoms with Crippen LogP contribution in [0.15, 0.2) is 47.4 Å². The van der Waals surface area contributed by atoms with Crippen molar-refractivity contribution in [1.29, 1.82) is 0 Å². The molecule has 22 heavy (non-hydrogen) atoms. The second-order valence-electron chi connectivity index (χ2n) is 5.27. The van der Waals surface area contributed by atoms with Gasteiger partial charge in [0.15, 0.2) is 0 Å². The van der Waals surface area contributed by atoms with E-state index in [2.05, 4.69) is 4.72 Å². The second-order valence-corrected chi connectivity index (χ2v) is 6.95. The molecule has 0 spiro atoms. The van der Waals surface area contributed by atoms with Crippen molar-refractivity contribution in [2.45, 2.75) is 31.7 Å². The summed E-state index contributed by atoms with van der Waals surface area (Å²) in [5.74, 6) is 0.688. The number of methoxy groups -OCH3 is 1. The van der Waals surface area contributed by atoms with E-state index in [9.17, 15) is 8.42 Å². The van der Waals surface area contributed by atoms with Crippen LogP contribution >= 0.6 is 0 Å². The van der Waals surface area contributed by atoms with Gasteiger partial charge in [0.1, 0.15) is 5.75 Å². The average molecular weight is 319 g/mol.